The quantitative estimate of drug-likeness (QED) is 0.602. The topological polar surface area (TPSA) is 95.8 Å². The molecular weight excluding hydrogens is 281 g/mol. The first-order chi connectivity index (χ1) is 9.46. The maximum absolute atomic E-state index is 11.1. The predicted octanol–water partition coefficient (Wildman–Crippen LogP) is 1.37. The molecule has 1 aromatic heterocycles. The van der Waals surface area contributed by atoms with E-state index in [2.05, 4.69) is 10.6 Å². The molecule has 1 heterocycles. The van der Waals surface area contributed by atoms with Gasteiger partial charge in [-0.3, -0.25) is 9.79 Å². The summed E-state index contributed by atoms with van der Waals surface area (Å²) in [5, 5.41) is 6.74. The smallest absolute Gasteiger partial charge is 0.403 e. The van der Waals surface area contributed by atoms with Gasteiger partial charge in [-0.25, -0.2) is 4.57 Å². The van der Waals surface area contributed by atoms with Gasteiger partial charge in [-0.05, 0) is 19.2 Å². The van der Waals surface area contributed by atoms with E-state index in [0.717, 1.165) is 24.3 Å². The zero-order valence-electron chi connectivity index (χ0n) is 11.3. The van der Waals surface area contributed by atoms with Crippen molar-refractivity contribution in [3.05, 3.63) is 24.4 Å². The lowest BCUT2D eigenvalue weighted by Gasteiger charge is -2.09. The molecule has 8 heteroatoms. The highest BCUT2D eigenvalue weighted by atomic mass is 31.2. The van der Waals surface area contributed by atoms with Crippen molar-refractivity contribution in [1.82, 2.24) is 9.88 Å². The molecule has 0 saturated heterocycles. The van der Waals surface area contributed by atoms with E-state index in [1.807, 2.05) is 23.9 Å². The second-order valence-electron chi connectivity index (χ2n) is 4.32. The second kappa shape index (κ2) is 5.85. The first-order valence-corrected chi connectivity index (χ1v) is 7.68. The first kappa shape index (κ1) is 14.9. The molecule has 4 N–H and O–H groups in total. The van der Waals surface area contributed by atoms with Gasteiger partial charge in [-0.2, -0.15) is 0 Å². The number of nitrogens with one attached hydrogen (secondary N) is 2. The molecule has 0 fully saturated rings. The number of hydrogen-bond acceptors (Lipinski definition) is 4. The summed E-state index contributed by atoms with van der Waals surface area (Å²) >= 11 is 0. The van der Waals surface area contributed by atoms with Crippen LogP contribution in [-0.4, -0.2) is 35.0 Å². The zero-order valence-corrected chi connectivity index (χ0v) is 12.2. The summed E-state index contributed by atoms with van der Waals surface area (Å²) in [6.07, 6.45) is 1.90. The molecule has 1 aromatic carbocycles. The molecule has 0 bridgehead atoms. The summed E-state index contributed by atoms with van der Waals surface area (Å²) in [7, 11) is -0.960. The molecule has 2 aromatic rings. The Morgan fingerprint density at radius 1 is 1.35 bits per heavy atom. The van der Waals surface area contributed by atoms with Gasteiger partial charge in [-0.1, -0.05) is 6.07 Å². The minimum Gasteiger partial charge on any atom is -0.403 e. The Morgan fingerprint density at radius 2 is 2.10 bits per heavy atom. The van der Waals surface area contributed by atoms with E-state index in [-0.39, 0.29) is 5.75 Å². The highest BCUT2D eigenvalue weighted by molar-refractivity contribution is 7.46. The van der Waals surface area contributed by atoms with Crippen LogP contribution in [0, 0.1) is 0 Å². The largest absolute Gasteiger partial charge is 0.524 e. The summed E-state index contributed by atoms with van der Waals surface area (Å²) in [6.45, 7) is 1.53. The first-order valence-electron chi connectivity index (χ1n) is 6.15. The molecule has 0 saturated carbocycles. The van der Waals surface area contributed by atoms with Gasteiger partial charge in [0.1, 0.15) is 5.75 Å². The molecule has 0 unspecified atom stereocenters. The summed E-state index contributed by atoms with van der Waals surface area (Å²) in [5.41, 5.74) is 1.62. The van der Waals surface area contributed by atoms with Crippen molar-refractivity contribution < 1.29 is 18.9 Å². The van der Waals surface area contributed by atoms with Crippen molar-refractivity contribution >= 4 is 24.4 Å². The van der Waals surface area contributed by atoms with Crippen LogP contribution < -0.4 is 15.2 Å². The number of phosphoric ester groups is 1. The van der Waals surface area contributed by atoms with Gasteiger partial charge in [0.25, 0.3) is 0 Å². The van der Waals surface area contributed by atoms with Crippen LogP contribution in [0.3, 0.4) is 0 Å². The summed E-state index contributed by atoms with van der Waals surface area (Å²) in [5.74, 6) is 0.170. The molecule has 0 aliphatic carbocycles. The fourth-order valence-electron chi connectivity index (χ4n) is 2.13. The van der Waals surface area contributed by atoms with Crippen LogP contribution in [0.2, 0.25) is 0 Å². The van der Waals surface area contributed by atoms with Gasteiger partial charge >= 0.3 is 7.82 Å². The SMILES string of the molecule is CNCCn1cc(NC)c2c(OP(=O)(O)O)cccc21. The van der Waals surface area contributed by atoms with E-state index in [0.29, 0.717) is 5.39 Å². The van der Waals surface area contributed by atoms with Gasteiger partial charge in [0, 0.05) is 26.3 Å². The number of benzene rings is 1. The van der Waals surface area contributed by atoms with Crippen molar-refractivity contribution in [2.24, 2.45) is 0 Å². The number of anilines is 1. The van der Waals surface area contributed by atoms with Crippen LogP contribution in [0.5, 0.6) is 5.75 Å². The van der Waals surface area contributed by atoms with E-state index in [9.17, 15) is 4.57 Å². The highest BCUT2D eigenvalue weighted by Crippen LogP contribution is 2.43. The van der Waals surface area contributed by atoms with Crippen LogP contribution >= 0.6 is 7.82 Å². The standard InChI is InChI=1S/C12H18N3O4P/c1-13-6-7-15-8-9(14-2)12-10(15)4-3-5-11(12)19-20(16,17)18/h3-5,8,13-14H,6-7H2,1-2H3,(H2,16,17,18). The zero-order chi connectivity index (χ0) is 14.8. The molecular formula is C12H18N3O4P. The molecule has 2 rings (SSSR count). The lowest BCUT2D eigenvalue weighted by atomic mass is 10.2. The van der Waals surface area contributed by atoms with Gasteiger partial charge < -0.3 is 19.7 Å². The number of hydrogen-bond donors (Lipinski definition) is 4. The van der Waals surface area contributed by atoms with Gasteiger partial charge in [0.2, 0.25) is 0 Å². The Morgan fingerprint density at radius 3 is 2.70 bits per heavy atom. The van der Waals surface area contributed by atoms with Crippen LogP contribution in [-0.2, 0) is 11.1 Å². The van der Waals surface area contributed by atoms with Gasteiger partial charge in [-0.15, -0.1) is 0 Å². The fourth-order valence-corrected chi connectivity index (χ4v) is 2.54. The maximum atomic E-state index is 11.1. The average Bonchev–Trinajstić information content (AvgIpc) is 2.74. The Labute approximate surface area is 116 Å². The van der Waals surface area contributed by atoms with E-state index < -0.39 is 7.82 Å². The van der Waals surface area contributed by atoms with Crippen molar-refractivity contribution in [2.45, 2.75) is 6.54 Å². The monoisotopic (exact) mass is 299 g/mol. The maximum Gasteiger partial charge on any atom is 0.524 e. The van der Waals surface area contributed by atoms with Crippen LogP contribution in [0.4, 0.5) is 5.69 Å². The minimum absolute atomic E-state index is 0.170. The Bertz CT molecular complexity index is 649. The summed E-state index contributed by atoms with van der Waals surface area (Å²) < 4.78 is 17.8. The third-order valence-corrected chi connectivity index (χ3v) is 3.39. The van der Waals surface area contributed by atoms with Crippen LogP contribution in [0.1, 0.15) is 0 Å². The molecule has 0 amide bonds. The number of fused-ring (bicyclic) bond motifs is 1. The highest BCUT2D eigenvalue weighted by Gasteiger charge is 2.20. The molecule has 0 atom stereocenters. The molecule has 0 aliphatic heterocycles. The number of likely N-dealkylation sites (N-methyl/N-ethyl adjacent to an activating group) is 1. The van der Waals surface area contributed by atoms with Crippen molar-refractivity contribution in [2.75, 3.05) is 26.0 Å². The Balaban J connectivity index is 2.55. The molecule has 0 radical (unpaired) electrons. The molecule has 20 heavy (non-hydrogen) atoms. The summed E-state index contributed by atoms with van der Waals surface area (Å²) in [6, 6.07) is 5.14. The number of phosphoric acid groups is 1. The average molecular weight is 299 g/mol. The van der Waals surface area contributed by atoms with E-state index in [4.69, 9.17) is 14.3 Å². The van der Waals surface area contributed by atoms with Gasteiger partial charge in [0.05, 0.1) is 16.6 Å². The van der Waals surface area contributed by atoms with E-state index >= 15 is 0 Å². The fraction of sp³-hybridized carbons (Fsp3) is 0.333. The molecule has 110 valence electrons. The summed E-state index contributed by atoms with van der Waals surface area (Å²) in [4.78, 5) is 18.0. The lowest BCUT2D eigenvalue weighted by Crippen LogP contribution is -2.14. The predicted molar refractivity (Wildman–Crippen MR) is 78.1 cm³/mol. The molecule has 0 aliphatic rings. The van der Waals surface area contributed by atoms with Crippen molar-refractivity contribution in [3.8, 4) is 5.75 Å². The third kappa shape index (κ3) is 3.13. The van der Waals surface area contributed by atoms with Crippen LogP contribution in [0.15, 0.2) is 24.4 Å². The normalized spacial score (nSPS) is 11.8. The Hall–Kier alpha value is -1.53. The minimum atomic E-state index is -4.58. The van der Waals surface area contributed by atoms with Crippen LogP contribution in [0.25, 0.3) is 10.9 Å². The number of nitrogens with zero attached hydrogens (tertiary/aromatic N) is 1. The lowest BCUT2D eigenvalue weighted by molar-refractivity contribution is 0.284. The third-order valence-electron chi connectivity index (χ3n) is 2.96. The van der Waals surface area contributed by atoms with Crippen molar-refractivity contribution in [3.63, 3.8) is 0 Å². The number of rotatable bonds is 6. The molecule has 7 nitrogen and oxygen atoms in total. The number of aromatic nitrogens is 1. The van der Waals surface area contributed by atoms with E-state index in [1.165, 1.54) is 0 Å². The Kier molecular flexibility index (Phi) is 4.35. The van der Waals surface area contributed by atoms with Gasteiger partial charge in [0.15, 0.2) is 0 Å². The van der Waals surface area contributed by atoms with Crippen molar-refractivity contribution in [1.29, 1.82) is 0 Å². The van der Waals surface area contributed by atoms with E-state index in [1.54, 1.807) is 19.2 Å². The molecule has 0 spiro atoms. The second-order valence-corrected chi connectivity index (χ2v) is 5.49.